The molecule has 0 N–H and O–H groups in total. The zero-order valence-corrected chi connectivity index (χ0v) is 36.6. The van der Waals surface area contributed by atoms with Crippen molar-refractivity contribution < 1.29 is 58.9 Å². The number of hydrogen-bond acceptors (Lipinski definition) is 9. The van der Waals surface area contributed by atoms with Crippen LogP contribution in [-0.2, 0) is 40.0 Å². The van der Waals surface area contributed by atoms with Gasteiger partial charge in [0.15, 0.2) is 6.79 Å². The predicted molar refractivity (Wildman–Crippen MR) is 238 cm³/mol. The number of fused-ring (bicyclic) bond motifs is 2. The average molecular weight is 921 g/mol. The fourth-order valence-electron chi connectivity index (χ4n) is 7.71. The molecule has 66 heavy (non-hydrogen) atoms. The molecule has 0 fully saturated rings. The fourth-order valence-corrected chi connectivity index (χ4v) is 7.71. The first-order valence-electron chi connectivity index (χ1n) is 21.8. The molecule has 350 valence electrons. The second kappa shape index (κ2) is 22.2. The number of ether oxygens (including phenoxy) is 4. The van der Waals surface area contributed by atoms with Gasteiger partial charge in [-0.1, -0.05) is 82.5 Å². The molecule has 0 aliphatic heterocycles. The highest BCUT2D eigenvalue weighted by atomic mass is 19.4. The highest BCUT2D eigenvalue weighted by molar-refractivity contribution is 5.85. The highest BCUT2D eigenvalue weighted by Crippen LogP contribution is 2.37. The average Bonchev–Trinajstić information content (AvgIpc) is 3.26. The molecular formula is C51H50F6O9. The molecule has 0 unspecified atom stereocenters. The van der Waals surface area contributed by atoms with Gasteiger partial charge < -0.3 is 27.8 Å². The van der Waals surface area contributed by atoms with Crippen LogP contribution in [0.4, 0.5) is 26.3 Å². The third kappa shape index (κ3) is 13.8. The second-order valence-corrected chi connectivity index (χ2v) is 16.0. The minimum atomic E-state index is -5.00. The summed E-state index contributed by atoms with van der Waals surface area (Å²) >= 11 is 0. The maximum absolute atomic E-state index is 13.6. The number of alkyl halides is 6. The molecule has 15 heteroatoms. The van der Waals surface area contributed by atoms with Gasteiger partial charge in [0.25, 0.3) is 0 Å². The van der Waals surface area contributed by atoms with Crippen LogP contribution in [0, 0.1) is 0 Å². The highest BCUT2D eigenvalue weighted by Gasteiger charge is 2.34. The van der Waals surface area contributed by atoms with Crippen LogP contribution in [-0.4, -0.2) is 31.6 Å². The first kappa shape index (κ1) is 49.1. The molecule has 0 aliphatic rings. The van der Waals surface area contributed by atoms with E-state index in [0.717, 1.165) is 55.7 Å². The molecule has 0 atom stereocenters. The van der Waals surface area contributed by atoms with Gasteiger partial charge in [-0.2, -0.15) is 0 Å². The summed E-state index contributed by atoms with van der Waals surface area (Å²) in [7, 11) is 0. The number of unbranched alkanes of at least 4 members (excludes halogenated alkanes) is 4. The molecule has 2 aromatic heterocycles. The molecular weight excluding hydrogens is 871 g/mol. The lowest BCUT2D eigenvalue weighted by molar-refractivity contribution is -0.275. The maximum Gasteiger partial charge on any atom is 0.573 e. The third-order valence-electron chi connectivity index (χ3n) is 11.0. The number of esters is 1. The van der Waals surface area contributed by atoms with Crippen molar-refractivity contribution in [2.75, 3.05) is 6.79 Å². The Balaban J connectivity index is 1.22. The Kier molecular flexibility index (Phi) is 16.5. The maximum atomic E-state index is 13.6. The summed E-state index contributed by atoms with van der Waals surface area (Å²) in [6.45, 7) is 7.08. The van der Waals surface area contributed by atoms with Crippen LogP contribution < -0.4 is 20.7 Å². The largest absolute Gasteiger partial charge is 0.573 e. The van der Waals surface area contributed by atoms with E-state index in [-0.39, 0.29) is 40.2 Å². The van der Waals surface area contributed by atoms with E-state index in [1.54, 1.807) is 48.5 Å². The standard InChI is InChI=1S/C51H50F6O9/c1-4-7-9-11-32-15-21-39(45(27-32)65-50(52,53)54)41-29-36-25-34(17-23-43(36)63-48(41)59)13-19-38(61-31-62-47(58)6-3)20-14-35-18-24-44-37(26-35)30-42(49(60)64-44)40-22-16-33(12-10-8-5-2)28-46(40)66-51(55,56)57/h6,15-18,21-30,38H,3-5,7-14,19-20,31H2,1-2H3. The van der Waals surface area contributed by atoms with E-state index in [1.807, 2.05) is 13.8 Å². The molecule has 6 aromatic rings. The van der Waals surface area contributed by atoms with E-state index >= 15 is 0 Å². The number of aryl methyl sites for hydroxylation is 4. The molecule has 2 heterocycles. The minimum Gasteiger partial charge on any atom is -0.435 e. The molecule has 0 bridgehead atoms. The fraction of sp³-hybridized carbons (Fsp3) is 0.353. The summed E-state index contributed by atoms with van der Waals surface area (Å²) in [5.74, 6) is -1.68. The molecule has 0 amide bonds. The van der Waals surface area contributed by atoms with Crippen molar-refractivity contribution in [1.29, 1.82) is 0 Å². The van der Waals surface area contributed by atoms with Crippen LogP contribution in [0.1, 0.15) is 87.5 Å². The Morgan fingerprint density at radius 2 is 1.02 bits per heavy atom. The lowest BCUT2D eigenvalue weighted by Crippen LogP contribution is -2.19. The van der Waals surface area contributed by atoms with Gasteiger partial charge in [-0.25, -0.2) is 14.4 Å². The van der Waals surface area contributed by atoms with Gasteiger partial charge in [0, 0.05) is 28.0 Å². The number of rotatable bonds is 22. The van der Waals surface area contributed by atoms with E-state index in [4.69, 9.17) is 18.3 Å². The summed E-state index contributed by atoms with van der Waals surface area (Å²) in [5, 5.41) is 0.929. The molecule has 0 saturated heterocycles. The van der Waals surface area contributed by atoms with Crippen molar-refractivity contribution in [3.8, 4) is 33.8 Å². The molecule has 0 saturated carbocycles. The molecule has 9 nitrogen and oxygen atoms in total. The summed E-state index contributed by atoms with van der Waals surface area (Å²) in [6.07, 6.45) is -1.47. The van der Waals surface area contributed by atoms with E-state index in [9.17, 15) is 40.7 Å². The number of hydrogen-bond donors (Lipinski definition) is 0. The topological polar surface area (TPSA) is 114 Å². The van der Waals surface area contributed by atoms with Gasteiger partial charge in [-0.15, -0.1) is 26.3 Å². The van der Waals surface area contributed by atoms with Crippen LogP contribution in [0.5, 0.6) is 11.5 Å². The monoisotopic (exact) mass is 920 g/mol. The zero-order chi connectivity index (χ0) is 47.4. The van der Waals surface area contributed by atoms with Crippen molar-refractivity contribution >= 4 is 27.9 Å². The number of benzene rings is 4. The predicted octanol–water partition coefficient (Wildman–Crippen LogP) is 13.1. The number of halogens is 6. The Morgan fingerprint density at radius 1 is 0.591 bits per heavy atom. The van der Waals surface area contributed by atoms with Crippen LogP contribution in [0.2, 0.25) is 0 Å². The number of carbonyl (C=O) groups is 1. The first-order valence-corrected chi connectivity index (χ1v) is 21.8. The van der Waals surface area contributed by atoms with Gasteiger partial charge >= 0.3 is 29.9 Å². The van der Waals surface area contributed by atoms with Crippen molar-refractivity contribution in [2.24, 2.45) is 0 Å². The summed E-state index contributed by atoms with van der Waals surface area (Å²) in [4.78, 5) is 38.1. The van der Waals surface area contributed by atoms with Crippen LogP contribution in [0.3, 0.4) is 0 Å². The lowest BCUT2D eigenvalue weighted by atomic mass is 9.97. The van der Waals surface area contributed by atoms with E-state index in [0.29, 0.717) is 60.4 Å². The quantitative estimate of drug-likeness (QED) is 0.0164. The van der Waals surface area contributed by atoms with Gasteiger partial charge in [-0.05, 0) is 122 Å². The minimum absolute atomic E-state index is 0.0609. The summed E-state index contributed by atoms with van der Waals surface area (Å²) in [5.41, 5.74) is 1.33. The van der Waals surface area contributed by atoms with E-state index < -0.39 is 47.5 Å². The first-order chi connectivity index (χ1) is 31.5. The lowest BCUT2D eigenvalue weighted by Gasteiger charge is -2.18. The van der Waals surface area contributed by atoms with Crippen LogP contribution in [0.15, 0.2) is 116 Å². The molecule has 0 aliphatic carbocycles. The Morgan fingerprint density at radius 3 is 1.42 bits per heavy atom. The van der Waals surface area contributed by atoms with Gasteiger partial charge in [0.1, 0.15) is 22.7 Å². The van der Waals surface area contributed by atoms with Crippen molar-refractivity contribution in [2.45, 2.75) is 110 Å². The Hall–Kier alpha value is -6.35. The van der Waals surface area contributed by atoms with Gasteiger partial charge in [0.05, 0.1) is 17.2 Å². The molecule has 0 radical (unpaired) electrons. The second-order valence-electron chi connectivity index (χ2n) is 16.0. The smallest absolute Gasteiger partial charge is 0.435 e. The zero-order valence-electron chi connectivity index (χ0n) is 36.6. The Labute approximate surface area is 376 Å². The normalized spacial score (nSPS) is 12.0. The molecule has 6 rings (SSSR count). The molecule has 0 spiro atoms. The van der Waals surface area contributed by atoms with E-state index in [1.165, 1.54) is 36.4 Å². The Bertz CT molecular complexity index is 2580. The van der Waals surface area contributed by atoms with Crippen molar-refractivity contribution in [3.63, 3.8) is 0 Å². The van der Waals surface area contributed by atoms with E-state index in [2.05, 4.69) is 16.1 Å². The molecule has 4 aromatic carbocycles. The summed E-state index contributed by atoms with van der Waals surface area (Å²) < 4.78 is 112. The van der Waals surface area contributed by atoms with Crippen molar-refractivity contribution in [1.82, 2.24) is 0 Å². The van der Waals surface area contributed by atoms with Gasteiger partial charge in [-0.3, -0.25) is 0 Å². The van der Waals surface area contributed by atoms with Crippen LogP contribution in [0.25, 0.3) is 44.2 Å². The van der Waals surface area contributed by atoms with Crippen molar-refractivity contribution in [3.05, 3.63) is 141 Å². The summed E-state index contributed by atoms with van der Waals surface area (Å²) in [6, 6.07) is 22.0. The number of carbonyl (C=O) groups excluding carboxylic acids is 1. The van der Waals surface area contributed by atoms with Crippen LogP contribution >= 0.6 is 0 Å². The third-order valence-corrected chi connectivity index (χ3v) is 11.0. The SMILES string of the molecule is C=CC(=O)OCOC(CCc1ccc2oc(=O)c(-c3ccc(CCCCC)cc3OC(F)(F)F)cc2c1)CCc1ccc2oc(=O)c(-c3ccc(CCCCC)cc3OC(F)(F)F)cc2c1. The van der Waals surface area contributed by atoms with Gasteiger partial charge in [0.2, 0.25) is 0 Å².